The molecular weight excluding hydrogens is 260 g/mol. The lowest BCUT2D eigenvalue weighted by Gasteiger charge is -2.24. The third-order valence-electron chi connectivity index (χ3n) is 3.66. The third kappa shape index (κ3) is 3.62. The van der Waals surface area contributed by atoms with Crippen molar-refractivity contribution in [2.45, 2.75) is 25.9 Å². The van der Waals surface area contributed by atoms with Crippen LogP contribution in [-0.2, 0) is 12.1 Å². The number of rotatable bonds is 5. The van der Waals surface area contributed by atoms with Crippen LogP contribution in [0.2, 0.25) is 0 Å². The number of hydrogen-bond acceptors (Lipinski definition) is 3. The van der Waals surface area contributed by atoms with E-state index in [1.807, 2.05) is 62.4 Å². The van der Waals surface area contributed by atoms with Gasteiger partial charge in [0.05, 0.1) is 13.2 Å². The maximum Gasteiger partial charge on any atom is 0.129 e. The van der Waals surface area contributed by atoms with Gasteiger partial charge in [0, 0.05) is 6.54 Å². The molecule has 0 bridgehead atoms. The largest absolute Gasteiger partial charge is 0.497 e. The second-order valence-corrected chi connectivity index (χ2v) is 5.30. The summed E-state index contributed by atoms with van der Waals surface area (Å²) in [5.41, 5.74) is 2.58. The molecule has 0 aliphatic heterocycles. The maximum atomic E-state index is 9.54. The molecule has 0 fully saturated rings. The van der Waals surface area contributed by atoms with E-state index in [0.29, 0.717) is 6.54 Å². The van der Waals surface area contributed by atoms with E-state index < -0.39 is 5.54 Å². The maximum absolute atomic E-state index is 9.54. The van der Waals surface area contributed by atoms with Crippen molar-refractivity contribution < 1.29 is 4.74 Å². The SMILES string of the molecule is COc1ccc(CNC(C)(C#N)c2ccc(C)cc2)cc1. The van der Waals surface area contributed by atoms with Gasteiger partial charge in [-0.05, 0) is 37.1 Å². The molecule has 0 aliphatic rings. The van der Waals surface area contributed by atoms with Gasteiger partial charge in [0.25, 0.3) is 0 Å². The lowest BCUT2D eigenvalue weighted by atomic mass is 9.92. The Morgan fingerprint density at radius 2 is 1.71 bits per heavy atom. The average Bonchev–Trinajstić information content (AvgIpc) is 2.53. The quantitative estimate of drug-likeness (QED) is 0.911. The van der Waals surface area contributed by atoms with Gasteiger partial charge in [0.2, 0.25) is 0 Å². The molecule has 0 amide bonds. The van der Waals surface area contributed by atoms with Gasteiger partial charge in [0.15, 0.2) is 0 Å². The van der Waals surface area contributed by atoms with Crippen LogP contribution in [0.3, 0.4) is 0 Å². The summed E-state index contributed by atoms with van der Waals surface area (Å²) in [5, 5.41) is 12.9. The molecule has 21 heavy (non-hydrogen) atoms. The van der Waals surface area contributed by atoms with E-state index in [-0.39, 0.29) is 0 Å². The summed E-state index contributed by atoms with van der Waals surface area (Å²) < 4.78 is 5.14. The van der Waals surface area contributed by atoms with E-state index >= 15 is 0 Å². The Morgan fingerprint density at radius 1 is 1.10 bits per heavy atom. The Morgan fingerprint density at radius 3 is 2.24 bits per heavy atom. The Balaban J connectivity index is 2.11. The van der Waals surface area contributed by atoms with E-state index in [9.17, 15) is 5.26 Å². The van der Waals surface area contributed by atoms with Crippen molar-refractivity contribution in [3.8, 4) is 11.8 Å². The van der Waals surface area contributed by atoms with Crippen LogP contribution in [0.15, 0.2) is 48.5 Å². The molecule has 0 radical (unpaired) electrons. The van der Waals surface area contributed by atoms with Crippen LogP contribution in [-0.4, -0.2) is 7.11 Å². The molecule has 3 heteroatoms. The van der Waals surface area contributed by atoms with Gasteiger partial charge in [-0.3, -0.25) is 5.32 Å². The van der Waals surface area contributed by atoms with Gasteiger partial charge in [-0.15, -0.1) is 0 Å². The summed E-state index contributed by atoms with van der Waals surface area (Å²) in [4.78, 5) is 0. The highest BCUT2D eigenvalue weighted by molar-refractivity contribution is 5.33. The number of nitriles is 1. The minimum atomic E-state index is -0.701. The van der Waals surface area contributed by atoms with Gasteiger partial charge in [-0.25, -0.2) is 0 Å². The predicted molar refractivity (Wildman–Crippen MR) is 84.0 cm³/mol. The van der Waals surface area contributed by atoms with Gasteiger partial charge in [-0.2, -0.15) is 5.26 Å². The smallest absolute Gasteiger partial charge is 0.129 e. The molecule has 0 aromatic heterocycles. The summed E-state index contributed by atoms with van der Waals surface area (Å²) in [5.74, 6) is 0.834. The molecule has 0 heterocycles. The van der Waals surface area contributed by atoms with Crippen molar-refractivity contribution in [2.24, 2.45) is 0 Å². The Labute approximate surface area is 126 Å². The first kappa shape index (κ1) is 15.1. The zero-order chi connectivity index (χ0) is 15.3. The molecule has 0 aliphatic carbocycles. The van der Waals surface area contributed by atoms with Crippen LogP contribution in [0.1, 0.15) is 23.6 Å². The van der Waals surface area contributed by atoms with Crippen molar-refractivity contribution >= 4 is 0 Å². The number of aryl methyl sites for hydroxylation is 1. The van der Waals surface area contributed by atoms with Crippen molar-refractivity contribution in [2.75, 3.05) is 7.11 Å². The van der Waals surface area contributed by atoms with Crippen LogP contribution in [0.4, 0.5) is 0 Å². The second kappa shape index (κ2) is 6.43. The van der Waals surface area contributed by atoms with Gasteiger partial charge in [-0.1, -0.05) is 42.0 Å². The molecule has 108 valence electrons. The molecule has 0 spiro atoms. The van der Waals surface area contributed by atoms with Crippen molar-refractivity contribution in [3.63, 3.8) is 0 Å². The van der Waals surface area contributed by atoms with Crippen LogP contribution >= 0.6 is 0 Å². The van der Waals surface area contributed by atoms with E-state index in [4.69, 9.17) is 4.74 Å². The summed E-state index contributed by atoms with van der Waals surface area (Å²) in [6, 6.07) is 18.3. The van der Waals surface area contributed by atoms with Crippen LogP contribution in [0.25, 0.3) is 0 Å². The zero-order valence-electron chi connectivity index (χ0n) is 12.7. The molecule has 0 saturated heterocycles. The number of nitrogens with zero attached hydrogens (tertiary/aromatic N) is 1. The number of hydrogen-bond donors (Lipinski definition) is 1. The summed E-state index contributed by atoms with van der Waals surface area (Å²) in [7, 11) is 1.65. The van der Waals surface area contributed by atoms with Crippen molar-refractivity contribution in [3.05, 3.63) is 65.2 Å². The zero-order valence-corrected chi connectivity index (χ0v) is 12.7. The number of ether oxygens (including phenoxy) is 1. The fourth-order valence-corrected chi connectivity index (χ4v) is 2.12. The standard InChI is InChI=1S/C18H20N2O/c1-14-4-8-16(9-5-14)18(2,13-19)20-12-15-6-10-17(21-3)11-7-15/h4-11,20H,12H2,1-3H3. The Hall–Kier alpha value is -2.31. The van der Waals surface area contributed by atoms with Gasteiger partial charge >= 0.3 is 0 Å². The normalized spacial score (nSPS) is 13.2. The Bertz CT molecular complexity index is 626. The molecule has 1 atom stereocenters. The van der Waals surface area contributed by atoms with E-state index in [1.165, 1.54) is 5.56 Å². The summed E-state index contributed by atoms with van der Waals surface area (Å²) >= 11 is 0. The lowest BCUT2D eigenvalue weighted by molar-refractivity contribution is 0.414. The highest BCUT2D eigenvalue weighted by Gasteiger charge is 2.25. The molecule has 1 N–H and O–H groups in total. The first-order chi connectivity index (χ1) is 10.1. The van der Waals surface area contributed by atoms with E-state index in [0.717, 1.165) is 16.9 Å². The highest BCUT2D eigenvalue weighted by atomic mass is 16.5. The van der Waals surface area contributed by atoms with Crippen LogP contribution in [0, 0.1) is 18.3 Å². The van der Waals surface area contributed by atoms with E-state index in [1.54, 1.807) is 7.11 Å². The number of methoxy groups -OCH3 is 1. The topological polar surface area (TPSA) is 45.0 Å². The van der Waals surface area contributed by atoms with Crippen LogP contribution < -0.4 is 10.1 Å². The second-order valence-electron chi connectivity index (χ2n) is 5.30. The lowest BCUT2D eigenvalue weighted by Crippen LogP contribution is -2.37. The average molecular weight is 280 g/mol. The fraction of sp³-hybridized carbons (Fsp3) is 0.278. The monoisotopic (exact) mass is 280 g/mol. The first-order valence-corrected chi connectivity index (χ1v) is 6.94. The fourth-order valence-electron chi connectivity index (χ4n) is 2.12. The molecule has 2 aromatic carbocycles. The Kier molecular flexibility index (Phi) is 4.62. The molecule has 2 aromatic rings. The predicted octanol–water partition coefficient (Wildman–Crippen LogP) is 3.53. The van der Waals surface area contributed by atoms with E-state index in [2.05, 4.69) is 11.4 Å². The molecular formula is C18H20N2O. The third-order valence-corrected chi connectivity index (χ3v) is 3.66. The molecule has 0 saturated carbocycles. The first-order valence-electron chi connectivity index (χ1n) is 6.94. The van der Waals surface area contributed by atoms with Crippen molar-refractivity contribution in [1.82, 2.24) is 5.32 Å². The van der Waals surface area contributed by atoms with Crippen LogP contribution in [0.5, 0.6) is 5.75 Å². The molecule has 2 rings (SSSR count). The van der Waals surface area contributed by atoms with Gasteiger partial charge < -0.3 is 4.74 Å². The minimum Gasteiger partial charge on any atom is -0.497 e. The van der Waals surface area contributed by atoms with Crippen molar-refractivity contribution in [1.29, 1.82) is 5.26 Å². The summed E-state index contributed by atoms with van der Waals surface area (Å²) in [6.45, 7) is 4.57. The molecule has 1 unspecified atom stereocenters. The molecule has 3 nitrogen and oxygen atoms in total. The minimum absolute atomic E-state index is 0.627. The number of benzene rings is 2. The highest BCUT2D eigenvalue weighted by Crippen LogP contribution is 2.21. The summed E-state index contributed by atoms with van der Waals surface area (Å²) in [6.07, 6.45) is 0. The van der Waals surface area contributed by atoms with Gasteiger partial charge in [0.1, 0.15) is 11.3 Å². The number of nitrogens with one attached hydrogen (secondary N) is 1.